The normalized spacial score (nSPS) is 15.6. The van der Waals surface area contributed by atoms with E-state index < -0.39 is 15.3 Å². The predicted molar refractivity (Wildman–Crippen MR) is 172 cm³/mol. The van der Waals surface area contributed by atoms with E-state index >= 15 is 0 Å². The molecule has 5 heterocycles. The average Bonchev–Trinajstić information content (AvgIpc) is 3.50. The van der Waals surface area contributed by atoms with Gasteiger partial charge in [-0.1, -0.05) is 12.1 Å². The van der Waals surface area contributed by atoms with Gasteiger partial charge in [-0.15, -0.1) is 0 Å². The van der Waals surface area contributed by atoms with Crippen molar-refractivity contribution in [3.05, 3.63) is 101 Å². The van der Waals surface area contributed by atoms with Crippen LogP contribution in [0.2, 0.25) is 0 Å². The van der Waals surface area contributed by atoms with Gasteiger partial charge in [0.05, 0.1) is 29.4 Å². The third-order valence-electron chi connectivity index (χ3n) is 7.22. The third-order valence-corrected chi connectivity index (χ3v) is 10.6. The number of aromatic nitrogens is 5. The molecule has 1 fully saturated rings. The Hall–Kier alpha value is -4.20. The summed E-state index contributed by atoms with van der Waals surface area (Å²) >= 11 is 1.95. The first-order chi connectivity index (χ1) is 20.8. The van der Waals surface area contributed by atoms with Crippen LogP contribution in [0.4, 0.5) is 23.0 Å². The van der Waals surface area contributed by atoms with Crippen LogP contribution >= 0.6 is 11.8 Å². The zero-order chi connectivity index (χ0) is 30.0. The number of fused-ring (bicyclic) bond motifs is 1. The van der Waals surface area contributed by atoms with E-state index in [0.717, 1.165) is 24.5 Å². The summed E-state index contributed by atoms with van der Waals surface area (Å²) < 4.78 is 28.8. The summed E-state index contributed by atoms with van der Waals surface area (Å²) in [5, 5.41) is 10.2. The molecule has 4 aromatic heterocycles. The maximum atomic E-state index is 13.9. The fourth-order valence-corrected chi connectivity index (χ4v) is 7.17. The van der Waals surface area contributed by atoms with Gasteiger partial charge in [-0.3, -0.25) is 14.3 Å². The second-order valence-electron chi connectivity index (χ2n) is 10.5. The van der Waals surface area contributed by atoms with E-state index in [1.165, 1.54) is 20.3 Å². The third kappa shape index (κ3) is 6.14. The largest absolute Gasteiger partial charge is 0.350 e. The number of hydrogen-bond donors (Lipinski definition) is 3. The molecule has 11 nitrogen and oxygen atoms in total. The van der Waals surface area contributed by atoms with Crippen LogP contribution in [0.15, 0.2) is 84.2 Å². The van der Waals surface area contributed by atoms with Crippen molar-refractivity contribution in [2.45, 2.75) is 30.9 Å². The van der Waals surface area contributed by atoms with Crippen LogP contribution in [0.1, 0.15) is 30.4 Å². The molecule has 0 amide bonds. The van der Waals surface area contributed by atoms with Gasteiger partial charge in [-0.05, 0) is 61.9 Å². The van der Waals surface area contributed by atoms with Crippen LogP contribution in [0.3, 0.4) is 0 Å². The fraction of sp³-hybridized carbons (Fsp3) is 0.267. The van der Waals surface area contributed by atoms with Gasteiger partial charge in [0.2, 0.25) is 16.0 Å². The molecule has 13 heteroatoms. The Balaban J connectivity index is 1.38. The molecule has 222 valence electrons. The lowest BCUT2D eigenvalue weighted by molar-refractivity contribution is 0.574. The van der Waals surface area contributed by atoms with Gasteiger partial charge < -0.3 is 16.0 Å². The van der Waals surface area contributed by atoms with Crippen molar-refractivity contribution in [3.63, 3.8) is 0 Å². The summed E-state index contributed by atoms with van der Waals surface area (Å²) in [5.74, 6) is 1.41. The maximum Gasteiger partial charge on any atom is 0.276 e. The molecule has 3 N–H and O–H groups in total. The van der Waals surface area contributed by atoms with E-state index in [1.54, 1.807) is 62.8 Å². The van der Waals surface area contributed by atoms with E-state index in [-0.39, 0.29) is 12.1 Å². The standard InChI is InChI=1S/C30H32N8O3S2/c1-20(2)43(40,41)38-13-4-6-25(38)19-37-28-22(15-26(29(37)39)34-24-5-3-11-31-17-24)16-33-30(36-28)35-23-9-7-21(8-10-23)27-18-32-12-14-42-27/h3-11,13,15-17,20,27,32,34H,12,14,18-19H2,1-2H3,(H,33,35,36). The lowest BCUT2D eigenvalue weighted by atomic mass is 10.1. The maximum absolute atomic E-state index is 13.9. The van der Waals surface area contributed by atoms with Crippen LogP contribution in [0, 0.1) is 0 Å². The highest BCUT2D eigenvalue weighted by atomic mass is 32.2. The second-order valence-corrected chi connectivity index (χ2v) is 14.2. The highest BCUT2D eigenvalue weighted by Gasteiger charge is 2.22. The van der Waals surface area contributed by atoms with Gasteiger partial charge in [0.25, 0.3) is 5.56 Å². The molecule has 5 aromatic rings. The number of anilines is 4. The van der Waals surface area contributed by atoms with Crippen molar-refractivity contribution in [1.82, 2.24) is 28.8 Å². The average molecular weight is 617 g/mol. The molecule has 1 atom stereocenters. The van der Waals surface area contributed by atoms with Gasteiger partial charge in [-0.2, -0.15) is 16.7 Å². The number of thioether (sulfide) groups is 1. The zero-order valence-corrected chi connectivity index (χ0v) is 25.4. The number of nitrogens with one attached hydrogen (secondary N) is 3. The Labute approximate surface area is 253 Å². The Morgan fingerprint density at radius 1 is 1.07 bits per heavy atom. The lowest BCUT2D eigenvalue weighted by Gasteiger charge is -2.22. The summed E-state index contributed by atoms with van der Waals surface area (Å²) in [7, 11) is -3.64. The monoisotopic (exact) mass is 616 g/mol. The van der Waals surface area contributed by atoms with Crippen molar-refractivity contribution >= 4 is 55.8 Å². The quantitative estimate of drug-likeness (QED) is 0.217. The number of hydrogen-bond acceptors (Lipinski definition) is 10. The van der Waals surface area contributed by atoms with Gasteiger partial charge in [0.1, 0.15) is 11.3 Å². The van der Waals surface area contributed by atoms with Crippen LogP contribution in [0.5, 0.6) is 0 Å². The summed E-state index contributed by atoms with van der Waals surface area (Å²) in [6.07, 6.45) is 6.42. The molecule has 6 rings (SSSR count). The summed E-state index contributed by atoms with van der Waals surface area (Å²) in [4.78, 5) is 27.3. The van der Waals surface area contributed by atoms with E-state index in [2.05, 4.69) is 38.1 Å². The molecular weight excluding hydrogens is 585 g/mol. The highest BCUT2D eigenvalue weighted by Crippen LogP contribution is 2.31. The lowest BCUT2D eigenvalue weighted by Crippen LogP contribution is -2.28. The first-order valence-electron chi connectivity index (χ1n) is 14.0. The summed E-state index contributed by atoms with van der Waals surface area (Å²) in [6.45, 7) is 5.21. The molecule has 1 aliphatic heterocycles. The first kappa shape index (κ1) is 28.9. The molecule has 43 heavy (non-hydrogen) atoms. The van der Waals surface area contributed by atoms with Crippen LogP contribution in [-0.2, 0) is 16.6 Å². The van der Waals surface area contributed by atoms with Crippen molar-refractivity contribution < 1.29 is 8.42 Å². The van der Waals surface area contributed by atoms with E-state index in [1.807, 2.05) is 23.9 Å². The minimum absolute atomic E-state index is 0.0188. The fourth-order valence-electron chi connectivity index (χ4n) is 4.90. The van der Waals surface area contributed by atoms with Crippen LogP contribution in [0.25, 0.3) is 11.0 Å². The van der Waals surface area contributed by atoms with E-state index in [0.29, 0.717) is 39.3 Å². The van der Waals surface area contributed by atoms with Gasteiger partial charge in [-0.25, -0.2) is 17.4 Å². The molecule has 1 unspecified atom stereocenters. The van der Waals surface area contributed by atoms with Gasteiger partial charge in [0.15, 0.2) is 0 Å². The van der Waals surface area contributed by atoms with Gasteiger partial charge >= 0.3 is 0 Å². The smallest absolute Gasteiger partial charge is 0.276 e. The zero-order valence-electron chi connectivity index (χ0n) is 23.8. The molecule has 0 aliphatic carbocycles. The number of nitrogens with zero attached hydrogens (tertiary/aromatic N) is 5. The summed E-state index contributed by atoms with van der Waals surface area (Å²) in [6, 6.07) is 16.8. The van der Waals surface area contributed by atoms with Gasteiger partial charge in [0, 0.05) is 53.8 Å². The SMILES string of the molecule is CC(C)S(=O)(=O)n1cccc1Cn1c(=O)c(Nc2cccnc2)cc2cnc(Nc3ccc(C4CNCCS4)cc3)nc21. The predicted octanol–water partition coefficient (Wildman–Crippen LogP) is 4.49. The minimum Gasteiger partial charge on any atom is -0.350 e. The topological polar surface area (TPSA) is 136 Å². The number of benzene rings is 1. The summed E-state index contributed by atoms with van der Waals surface area (Å²) in [5.41, 5.74) is 3.45. The van der Waals surface area contributed by atoms with Crippen LogP contribution < -0.4 is 21.5 Å². The number of rotatable bonds is 9. The Morgan fingerprint density at radius 2 is 1.91 bits per heavy atom. The van der Waals surface area contributed by atoms with E-state index in [4.69, 9.17) is 4.98 Å². The van der Waals surface area contributed by atoms with Crippen molar-refractivity contribution in [2.75, 3.05) is 29.5 Å². The molecule has 0 spiro atoms. The Kier molecular flexibility index (Phi) is 8.19. The van der Waals surface area contributed by atoms with Crippen molar-refractivity contribution in [3.8, 4) is 0 Å². The molecular formula is C30H32N8O3S2. The molecule has 1 aromatic carbocycles. The molecule has 0 radical (unpaired) electrons. The van der Waals surface area contributed by atoms with Crippen LogP contribution in [-0.4, -0.2) is 56.0 Å². The Morgan fingerprint density at radius 3 is 2.63 bits per heavy atom. The molecule has 0 bridgehead atoms. The van der Waals surface area contributed by atoms with E-state index in [9.17, 15) is 13.2 Å². The molecule has 0 saturated carbocycles. The first-order valence-corrected chi connectivity index (χ1v) is 16.5. The minimum atomic E-state index is -3.64. The van der Waals surface area contributed by atoms with Crippen molar-refractivity contribution in [2.24, 2.45) is 0 Å². The van der Waals surface area contributed by atoms with Crippen molar-refractivity contribution in [1.29, 1.82) is 0 Å². The molecule has 1 aliphatic rings. The number of pyridine rings is 2. The Bertz CT molecular complexity index is 1900. The second kappa shape index (κ2) is 12.2. The molecule has 1 saturated heterocycles. The highest BCUT2D eigenvalue weighted by molar-refractivity contribution is 7.99.